The van der Waals surface area contributed by atoms with E-state index in [-0.39, 0.29) is 50.2 Å². The fourth-order valence-corrected chi connectivity index (χ4v) is 19.9. The lowest BCUT2D eigenvalue weighted by Crippen LogP contribution is -2.62. The quantitative estimate of drug-likeness (QED) is 0.163. The Labute approximate surface area is 505 Å². The van der Waals surface area contributed by atoms with Gasteiger partial charge in [0.2, 0.25) is 0 Å². The predicted molar refractivity (Wildman–Crippen MR) is 363 cm³/mol. The second-order valence-electron chi connectivity index (χ2n) is 31.6. The summed E-state index contributed by atoms with van der Waals surface area (Å²) >= 11 is 1.94. The normalized spacial score (nSPS) is 23.7. The Hall–Kier alpha value is -6.56. The maximum Gasteiger partial charge on any atom is 0.252 e. The number of anilines is 8. The van der Waals surface area contributed by atoms with Crippen molar-refractivity contribution in [2.24, 2.45) is 0 Å². The maximum absolute atomic E-state index is 2.88. The third kappa shape index (κ3) is 7.11. The van der Waals surface area contributed by atoms with Crippen LogP contribution in [-0.2, 0) is 37.9 Å². The second kappa shape index (κ2) is 17.1. The van der Waals surface area contributed by atoms with Gasteiger partial charge < -0.3 is 14.7 Å². The summed E-state index contributed by atoms with van der Waals surface area (Å²) in [6.45, 7) is 35.4. The Balaban J connectivity index is 1.07. The van der Waals surface area contributed by atoms with Crippen LogP contribution in [0.2, 0.25) is 0 Å². The molecule has 0 saturated heterocycles. The van der Waals surface area contributed by atoms with E-state index >= 15 is 0 Å². The van der Waals surface area contributed by atoms with Gasteiger partial charge >= 0.3 is 0 Å². The van der Waals surface area contributed by atoms with Crippen LogP contribution in [0.5, 0.6) is 0 Å². The van der Waals surface area contributed by atoms with E-state index < -0.39 is 0 Å². The van der Waals surface area contributed by atoms with Gasteiger partial charge in [-0.25, -0.2) is 0 Å². The van der Waals surface area contributed by atoms with Gasteiger partial charge in [-0.2, -0.15) is 0 Å². The summed E-state index contributed by atoms with van der Waals surface area (Å²) in [6, 6.07) is 59.1. The molecule has 0 radical (unpaired) electrons. The summed E-state index contributed by atoms with van der Waals surface area (Å²) in [5.74, 6) is 0. The van der Waals surface area contributed by atoms with Crippen LogP contribution >= 0.6 is 11.3 Å². The van der Waals surface area contributed by atoms with Crippen LogP contribution in [0.3, 0.4) is 0 Å². The lowest BCUT2D eigenvalue weighted by molar-refractivity contribution is 0.195. The SMILES string of the molecule is CC1(C)CCC(C)(C)c2cc(N3c4cc5c(cc4B4c6cc7c(cc6N(c6cccc8sc9ccccc9c68)c6cc(N8c9ccc(-c%10ccccc%10)cc9C9(C)CCCCC89C)cc3c64)C(C)(C)CC7(C)C)C(C)(C)CCC5(C)C)ccc21. The molecule has 84 heavy (non-hydrogen) atoms. The summed E-state index contributed by atoms with van der Waals surface area (Å²) in [5.41, 5.74) is 27.8. The molecule has 8 aromatic carbocycles. The topological polar surface area (TPSA) is 9.72 Å². The molecular weight excluding hydrogens is 1030 g/mol. The van der Waals surface area contributed by atoms with Gasteiger partial charge in [0.15, 0.2) is 0 Å². The van der Waals surface area contributed by atoms with Crippen molar-refractivity contribution in [1.29, 1.82) is 0 Å². The molecule has 5 heteroatoms. The Bertz CT molecular complexity index is 4320. The van der Waals surface area contributed by atoms with Crippen molar-refractivity contribution in [3.05, 3.63) is 185 Å². The van der Waals surface area contributed by atoms with E-state index in [1.165, 1.54) is 164 Å². The summed E-state index contributed by atoms with van der Waals surface area (Å²) in [6.07, 6.45) is 10.5. The van der Waals surface area contributed by atoms with E-state index in [2.05, 4.69) is 257 Å². The highest BCUT2D eigenvalue weighted by molar-refractivity contribution is 7.26. The van der Waals surface area contributed by atoms with Crippen LogP contribution in [0.4, 0.5) is 45.5 Å². The van der Waals surface area contributed by atoms with Crippen molar-refractivity contribution in [1.82, 2.24) is 0 Å². The number of nitrogens with zero attached hydrogens (tertiary/aromatic N) is 3. The van der Waals surface area contributed by atoms with Gasteiger partial charge in [0.05, 0.1) is 11.2 Å². The lowest BCUT2D eigenvalue weighted by atomic mass is 9.33. The van der Waals surface area contributed by atoms with Crippen LogP contribution in [0.15, 0.2) is 146 Å². The third-order valence-corrected chi connectivity index (χ3v) is 24.8. The molecule has 2 unspecified atom stereocenters. The predicted octanol–water partition coefficient (Wildman–Crippen LogP) is 20.2. The van der Waals surface area contributed by atoms with E-state index in [4.69, 9.17) is 0 Å². The summed E-state index contributed by atoms with van der Waals surface area (Å²) < 4.78 is 2.67. The van der Waals surface area contributed by atoms with Crippen LogP contribution < -0.4 is 31.1 Å². The minimum Gasteiger partial charge on any atom is -0.334 e. The molecule has 1 saturated carbocycles. The lowest BCUT2D eigenvalue weighted by Gasteiger charge is -2.51. The highest BCUT2D eigenvalue weighted by atomic mass is 32.1. The smallest absolute Gasteiger partial charge is 0.252 e. The van der Waals surface area contributed by atoms with Crippen molar-refractivity contribution >= 4 is 100 Å². The second-order valence-corrected chi connectivity index (χ2v) is 32.7. The fraction of sp³-hybridized carbons (Fsp3) is 0.392. The minimum atomic E-state index is -0.186. The molecule has 0 bridgehead atoms. The molecule has 4 aliphatic carbocycles. The molecule has 3 nitrogen and oxygen atoms in total. The Morgan fingerprint density at radius 3 is 1.62 bits per heavy atom. The first-order valence-corrected chi connectivity index (χ1v) is 32.9. The van der Waals surface area contributed by atoms with Gasteiger partial charge in [-0.1, -0.05) is 182 Å². The van der Waals surface area contributed by atoms with Gasteiger partial charge in [-0.05, 0) is 218 Å². The Morgan fingerprint density at radius 2 is 0.929 bits per heavy atom. The highest BCUT2D eigenvalue weighted by Crippen LogP contribution is 2.63. The van der Waals surface area contributed by atoms with Crippen molar-refractivity contribution in [3.63, 3.8) is 0 Å². The molecule has 3 aliphatic heterocycles. The summed E-state index contributed by atoms with van der Waals surface area (Å²) in [7, 11) is 0. The molecule has 0 spiro atoms. The van der Waals surface area contributed by atoms with Crippen molar-refractivity contribution in [2.75, 3.05) is 14.7 Å². The number of benzene rings is 8. The highest BCUT2D eigenvalue weighted by Gasteiger charge is 2.59. The van der Waals surface area contributed by atoms with Crippen molar-refractivity contribution in [3.8, 4) is 11.1 Å². The molecule has 16 rings (SSSR count). The number of rotatable bonds is 4. The average molecular weight is 1120 g/mol. The van der Waals surface area contributed by atoms with Gasteiger partial charge in [-0.3, -0.25) is 0 Å². The monoisotopic (exact) mass is 1120 g/mol. The molecule has 4 heterocycles. The van der Waals surface area contributed by atoms with Gasteiger partial charge in [0, 0.05) is 65.4 Å². The van der Waals surface area contributed by atoms with E-state index in [0.717, 1.165) is 25.7 Å². The molecule has 1 aromatic heterocycles. The third-order valence-electron chi connectivity index (χ3n) is 23.7. The summed E-state index contributed by atoms with van der Waals surface area (Å²) in [4.78, 5) is 8.50. The van der Waals surface area contributed by atoms with E-state index in [0.29, 0.717) is 0 Å². The number of fused-ring (bicyclic) bond motifs is 13. The minimum absolute atomic E-state index is 0.00343. The molecule has 2 atom stereocenters. The zero-order valence-electron chi connectivity index (χ0n) is 52.5. The van der Waals surface area contributed by atoms with Crippen molar-refractivity contribution in [2.45, 2.75) is 198 Å². The number of hydrogen-bond donors (Lipinski definition) is 0. The Kier molecular flexibility index (Phi) is 10.8. The van der Waals surface area contributed by atoms with Crippen LogP contribution in [0.1, 0.15) is 194 Å². The molecule has 0 amide bonds. The zero-order chi connectivity index (χ0) is 58.2. The average Bonchev–Trinajstić information content (AvgIpc) is 1.14. The molecule has 1 fully saturated rings. The van der Waals surface area contributed by atoms with E-state index in [9.17, 15) is 0 Å². The largest absolute Gasteiger partial charge is 0.334 e. The van der Waals surface area contributed by atoms with Crippen LogP contribution in [-0.4, -0.2) is 12.3 Å². The zero-order valence-corrected chi connectivity index (χ0v) is 53.4. The first-order chi connectivity index (χ1) is 39.8. The fourth-order valence-electron chi connectivity index (χ4n) is 18.8. The number of thiophene rings is 1. The van der Waals surface area contributed by atoms with E-state index in [1.807, 2.05) is 11.3 Å². The summed E-state index contributed by atoms with van der Waals surface area (Å²) in [5, 5.41) is 2.68. The molecule has 9 aromatic rings. The van der Waals surface area contributed by atoms with Crippen molar-refractivity contribution < 1.29 is 0 Å². The van der Waals surface area contributed by atoms with Gasteiger partial charge in [0.25, 0.3) is 6.71 Å². The molecular formula is C79H84BN3S. The first-order valence-electron chi connectivity index (χ1n) is 32.0. The van der Waals surface area contributed by atoms with Gasteiger partial charge in [0.1, 0.15) is 0 Å². The van der Waals surface area contributed by atoms with Crippen LogP contribution in [0, 0.1) is 0 Å². The maximum atomic E-state index is 2.88. The van der Waals surface area contributed by atoms with Crippen LogP contribution in [0.25, 0.3) is 31.3 Å². The molecule has 424 valence electrons. The number of hydrogen-bond acceptors (Lipinski definition) is 4. The van der Waals surface area contributed by atoms with E-state index in [1.54, 1.807) is 0 Å². The first kappa shape index (κ1) is 53.0. The molecule has 0 N–H and O–H groups in total. The van der Waals surface area contributed by atoms with Gasteiger partial charge in [-0.15, -0.1) is 11.3 Å². The standard InChI is InChI=1S/C79H84BN3S/c1-72(2)35-36-73(3,4)54-40-50(30-31-53(54)72)81-64-45-57-55(74(5,6)37-38-75(57,7)8)43-60(64)80-61-44-56-58(77(11,12)47-76(56,9)10)46-65(61)82(63-26-22-28-69-70(63)52-25-18-19-27-68(52)84-69)67-42-51(41-66(81)71(67)80)83-62-32-29-49(48-23-16-15-17-24-48)39-59(62)78(13)33-20-21-34-79(78,83)14/h15-19,22-32,39-46H,20-21,33-38,47H2,1-14H3. The molecule has 7 aliphatic rings. The Morgan fingerprint density at radius 1 is 0.369 bits per heavy atom.